The van der Waals surface area contributed by atoms with E-state index in [1.807, 2.05) is 19.9 Å². The van der Waals surface area contributed by atoms with Crippen molar-refractivity contribution in [3.8, 4) is 5.75 Å². The van der Waals surface area contributed by atoms with Crippen LogP contribution in [0.2, 0.25) is 0 Å². The number of carbonyl (C=O) groups is 2. The van der Waals surface area contributed by atoms with Crippen LogP contribution in [0.15, 0.2) is 30.3 Å². The molecule has 1 rings (SSSR count). The Hall–Kier alpha value is -2.24. The van der Waals surface area contributed by atoms with Gasteiger partial charge in [0.2, 0.25) is 0 Å². The Kier molecular flexibility index (Phi) is 19.3. The van der Waals surface area contributed by atoms with E-state index in [-0.39, 0.29) is 13.2 Å². The highest BCUT2D eigenvalue weighted by Gasteiger charge is 2.23. The lowest BCUT2D eigenvalue weighted by molar-refractivity contribution is 0.0298. The Morgan fingerprint density at radius 3 is 1.65 bits per heavy atom. The second-order valence-corrected chi connectivity index (χ2v) is 10.9. The number of hydrogen-bond acceptors (Lipinski definition) is 5. The highest BCUT2D eigenvalue weighted by atomic mass is 16.7. The predicted molar refractivity (Wildman–Crippen MR) is 151 cm³/mol. The van der Waals surface area contributed by atoms with Crippen LogP contribution in [0.5, 0.6) is 5.75 Å². The molecule has 6 nitrogen and oxygen atoms in total. The molecule has 212 valence electrons. The van der Waals surface area contributed by atoms with Crippen molar-refractivity contribution < 1.29 is 23.8 Å². The van der Waals surface area contributed by atoms with Gasteiger partial charge in [-0.3, -0.25) is 0 Å². The zero-order valence-electron chi connectivity index (χ0n) is 23.9. The van der Waals surface area contributed by atoms with E-state index >= 15 is 0 Å². The van der Waals surface area contributed by atoms with E-state index in [1.165, 1.54) is 89.9 Å². The first kappa shape index (κ1) is 32.8. The summed E-state index contributed by atoms with van der Waals surface area (Å²) in [4.78, 5) is 23.8. The first-order valence-corrected chi connectivity index (χ1v) is 14.7. The van der Waals surface area contributed by atoms with Gasteiger partial charge in [0, 0.05) is 12.0 Å². The molecule has 6 heteroatoms. The Labute approximate surface area is 226 Å². The number of hydrogen-bond donors (Lipinski definition) is 1. The SMILES string of the molecule is CCCCCCCCCCCCCCCCCCNC(=O)OCC(C)(C)COC(=O)Oc1ccccc1. The molecule has 0 aliphatic rings. The number of rotatable bonds is 22. The van der Waals surface area contributed by atoms with Crippen molar-refractivity contribution in [2.24, 2.45) is 5.41 Å². The van der Waals surface area contributed by atoms with Crippen LogP contribution in [0.1, 0.15) is 124 Å². The Morgan fingerprint density at radius 1 is 0.676 bits per heavy atom. The zero-order valence-corrected chi connectivity index (χ0v) is 23.9. The molecule has 0 atom stereocenters. The van der Waals surface area contributed by atoms with E-state index in [0.717, 1.165) is 12.8 Å². The quantitative estimate of drug-likeness (QED) is 0.0938. The molecule has 0 unspecified atom stereocenters. The topological polar surface area (TPSA) is 73.9 Å². The smallest absolute Gasteiger partial charge is 0.449 e. The number of carbonyl (C=O) groups excluding carboxylic acids is 2. The summed E-state index contributed by atoms with van der Waals surface area (Å²) in [6.45, 7) is 6.87. The minimum Gasteiger partial charge on any atom is -0.449 e. The molecule has 0 radical (unpaired) electrons. The largest absolute Gasteiger partial charge is 0.513 e. The third-order valence-corrected chi connectivity index (χ3v) is 6.42. The molecule has 0 aromatic heterocycles. The van der Waals surface area contributed by atoms with Gasteiger partial charge in [0.05, 0.1) is 0 Å². The molecule has 1 N–H and O–H groups in total. The van der Waals surface area contributed by atoms with E-state index in [4.69, 9.17) is 14.2 Å². The number of alkyl carbamates (subject to hydrolysis) is 1. The molecule has 0 heterocycles. The van der Waals surface area contributed by atoms with Gasteiger partial charge in [-0.1, -0.05) is 135 Å². The van der Waals surface area contributed by atoms with Gasteiger partial charge in [-0.15, -0.1) is 0 Å². The molecular weight excluding hydrogens is 466 g/mol. The summed E-state index contributed by atoms with van der Waals surface area (Å²) in [6, 6.07) is 8.75. The molecule has 0 bridgehead atoms. The summed E-state index contributed by atoms with van der Waals surface area (Å²) in [7, 11) is 0. The summed E-state index contributed by atoms with van der Waals surface area (Å²) < 4.78 is 15.6. The van der Waals surface area contributed by atoms with E-state index in [1.54, 1.807) is 24.3 Å². The van der Waals surface area contributed by atoms with Crippen molar-refractivity contribution in [1.29, 1.82) is 0 Å². The van der Waals surface area contributed by atoms with E-state index in [0.29, 0.717) is 12.3 Å². The summed E-state index contributed by atoms with van der Waals surface area (Å²) in [5, 5.41) is 2.81. The molecular formula is C31H53NO5. The van der Waals surface area contributed by atoms with Gasteiger partial charge < -0.3 is 19.5 Å². The maximum absolute atomic E-state index is 12.0. The summed E-state index contributed by atoms with van der Waals surface area (Å²) in [6.07, 6.45) is 20.1. The van der Waals surface area contributed by atoms with Crippen LogP contribution >= 0.6 is 0 Å². The monoisotopic (exact) mass is 519 g/mol. The normalized spacial score (nSPS) is 11.2. The van der Waals surface area contributed by atoms with Crippen LogP contribution in [0.3, 0.4) is 0 Å². The second kappa shape index (κ2) is 21.8. The van der Waals surface area contributed by atoms with E-state index in [9.17, 15) is 9.59 Å². The third kappa shape index (κ3) is 20.5. The molecule has 1 aromatic rings. The lowest BCUT2D eigenvalue weighted by Crippen LogP contribution is -2.33. The second-order valence-electron chi connectivity index (χ2n) is 10.9. The van der Waals surface area contributed by atoms with Crippen LogP contribution < -0.4 is 10.1 Å². The van der Waals surface area contributed by atoms with Gasteiger partial charge >= 0.3 is 12.2 Å². The molecule has 0 saturated heterocycles. The van der Waals surface area contributed by atoms with E-state index < -0.39 is 17.7 Å². The highest BCUT2D eigenvalue weighted by molar-refractivity contribution is 5.67. The van der Waals surface area contributed by atoms with Gasteiger partial charge in [-0.2, -0.15) is 0 Å². The van der Waals surface area contributed by atoms with Crippen molar-refractivity contribution in [2.45, 2.75) is 124 Å². The van der Waals surface area contributed by atoms with Crippen molar-refractivity contribution in [3.05, 3.63) is 30.3 Å². The average molecular weight is 520 g/mol. The van der Waals surface area contributed by atoms with Crippen molar-refractivity contribution in [2.75, 3.05) is 19.8 Å². The standard InChI is InChI=1S/C31H53NO5/c1-4-5-6-7-8-9-10-11-12-13-14-15-16-17-18-22-25-32-29(33)35-26-31(2,3)27-36-30(34)37-28-23-20-19-21-24-28/h19-21,23-24H,4-18,22,25-27H2,1-3H3,(H,32,33). The summed E-state index contributed by atoms with van der Waals surface area (Å²) >= 11 is 0. The first-order valence-electron chi connectivity index (χ1n) is 14.7. The van der Waals surface area contributed by atoms with Crippen LogP contribution in [0.4, 0.5) is 9.59 Å². The zero-order chi connectivity index (χ0) is 27.0. The molecule has 0 fully saturated rings. The molecule has 0 spiro atoms. The fourth-order valence-corrected chi connectivity index (χ4v) is 4.09. The van der Waals surface area contributed by atoms with Crippen molar-refractivity contribution in [1.82, 2.24) is 5.32 Å². The van der Waals surface area contributed by atoms with Gasteiger partial charge in [0.1, 0.15) is 19.0 Å². The molecule has 1 amide bonds. The number of ether oxygens (including phenoxy) is 3. The van der Waals surface area contributed by atoms with Gasteiger partial charge in [0.25, 0.3) is 0 Å². The van der Waals surface area contributed by atoms with E-state index in [2.05, 4.69) is 12.2 Å². The van der Waals surface area contributed by atoms with Crippen LogP contribution in [-0.4, -0.2) is 32.0 Å². The Bertz CT molecular complexity index is 692. The molecule has 0 aliphatic carbocycles. The lowest BCUT2D eigenvalue weighted by Gasteiger charge is -2.23. The molecule has 0 aliphatic heterocycles. The average Bonchev–Trinajstić information content (AvgIpc) is 2.89. The van der Waals surface area contributed by atoms with Crippen molar-refractivity contribution in [3.63, 3.8) is 0 Å². The lowest BCUT2D eigenvalue weighted by atomic mass is 9.96. The van der Waals surface area contributed by atoms with Crippen LogP contribution in [0, 0.1) is 5.41 Å². The first-order chi connectivity index (χ1) is 17.9. The fourth-order valence-electron chi connectivity index (χ4n) is 4.09. The number of benzene rings is 1. The van der Waals surface area contributed by atoms with Gasteiger partial charge in [-0.05, 0) is 18.6 Å². The highest BCUT2D eigenvalue weighted by Crippen LogP contribution is 2.18. The Morgan fingerprint density at radius 2 is 1.14 bits per heavy atom. The molecule has 0 saturated carbocycles. The maximum atomic E-state index is 12.0. The third-order valence-electron chi connectivity index (χ3n) is 6.42. The number of amides is 1. The number of unbranched alkanes of at least 4 members (excludes halogenated alkanes) is 15. The predicted octanol–water partition coefficient (Wildman–Crippen LogP) is 9.22. The fraction of sp³-hybridized carbons (Fsp3) is 0.742. The number of nitrogens with one attached hydrogen (secondary N) is 1. The minimum atomic E-state index is -0.771. The van der Waals surface area contributed by atoms with Crippen LogP contribution in [-0.2, 0) is 9.47 Å². The van der Waals surface area contributed by atoms with Crippen molar-refractivity contribution >= 4 is 12.2 Å². The minimum absolute atomic E-state index is 0.0884. The van der Waals surface area contributed by atoms with Gasteiger partial charge in [0.15, 0.2) is 0 Å². The number of para-hydroxylation sites is 1. The Balaban J connectivity index is 1.89. The van der Waals surface area contributed by atoms with Gasteiger partial charge in [-0.25, -0.2) is 9.59 Å². The maximum Gasteiger partial charge on any atom is 0.513 e. The molecule has 37 heavy (non-hydrogen) atoms. The van der Waals surface area contributed by atoms with Crippen LogP contribution in [0.25, 0.3) is 0 Å². The molecule has 1 aromatic carbocycles. The summed E-state index contributed by atoms with van der Waals surface area (Å²) in [5.41, 5.74) is -0.513. The summed E-state index contributed by atoms with van der Waals surface area (Å²) in [5.74, 6) is 0.426.